The Balaban J connectivity index is 2.28. The average Bonchev–Trinajstić information content (AvgIpc) is 2.53. The van der Waals surface area contributed by atoms with E-state index in [0.29, 0.717) is 17.8 Å². The third kappa shape index (κ3) is 3.99. The molecule has 1 atom stereocenters. The Morgan fingerprint density at radius 1 is 1.46 bits per heavy atom. The Labute approximate surface area is 80.3 Å². The summed E-state index contributed by atoms with van der Waals surface area (Å²) < 4.78 is 10.6. The van der Waals surface area contributed by atoms with Crippen molar-refractivity contribution in [2.75, 3.05) is 13.2 Å². The predicted molar refractivity (Wildman–Crippen MR) is 53.5 cm³/mol. The lowest BCUT2D eigenvalue weighted by molar-refractivity contribution is 0.0988. The average molecular weight is 176 g/mol. The summed E-state index contributed by atoms with van der Waals surface area (Å²) in [5.41, 5.74) is 0.493. The molecule has 0 unspecified atom stereocenters. The lowest BCUT2D eigenvalue weighted by Crippen LogP contribution is -2.10. The number of allylic oxidation sites excluding steroid dienone is 3. The van der Waals surface area contributed by atoms with E-state index in [9.17, 15) is 0 Å². The summed E-state index contributed by atoms with van der Waals surface area (Å²) in [6.45, 7) is 8.68. The fraction of sp³-hybridized carbons (Fsp3) is 0.400. The molecule has 2 radical (unpaired) electrons. The first-order valence-electron chi connectivity index (χ1n) is 4.24. The molecule has 0 saturated carbocycles. The molecule has 1 aliphatic heterocycles. The molecular weight excluding hydrogens is 163 g/mol. The smallest absolute Gasteiger partial charge is 0.124 e. The lowest BCUT2D eigenvalue weighted by Gasteiger charge is -2.10. The Hall–Kier alpha value is -0.955. The molecule has 0 amide bonds. The maximum absolute atomic E-state index is 5.46. The van der Waals surface area contributed by atoms with Crippen LogP contribution in [0.1, 0.15) is 6.42 Å². The van der Waals surface area contributed by atoms with E-state index in [1.807, 2.05) is 0 Å². The molecule has 0 aromatic heterocycles. The minimum atomic E-state index is 0.142. The largest absolute Gasteiger partial charge is 0.489 e. The van der Waals surface area contributed by atoms with Crippen LogP contribution < -0.4 is 0 Å². The van der Waals surface area contributed by atoms with Gasteiger partial charge in [0.1, 0.15) is 19.7 Å². The van der Waals surface area contributed by atoms with Crippen molar-refractivity contribution in [1.29, 1.82) is 0 Å². The SMILES string of the molecule is [B]C(=C)/C=C\C(=C)O[C@H]1CCOC1. The van der Waals surface area contributed by atoms with E-state index in [4.69, 9.17) is 17.3 Å². The van der Waals surface area contributed by atoms with Gasteiger partial charge in [0.2, 0.25) is 0 Å². The van der Waals surface area contributed by atoms with Crippen LogP contribution in [-0.2, 0) is 9.47 Å². The van der Waals surface area contributed by atoms with Crippen molar-refractivity contribution in [2.45, 2.75) is 12.5 Å². The quantitative estimate of drug-likeness (QED) is 0.367. The monoisotopic (exact) mass is 176 g/mol. The standard InChI is InChI=1S/C10H13BO2/c1-8(11)3-4-9(2)13-10-5-6-12-7-10/h3-4,10H,1-2,5-7H2/b4-3-/t10-/m0/s1. The Morgan fingerprint density at radius 2 is 2.23 bits per heavy atom. The summed E-state index contributed by atoms with van der Waals surface area (Å²) in [6, 6.07) is 0. The van der Waals surface area contributed by atoms with Gasteiger partial charge in [0.15, 0.2) is 0 Å². The van der Waals surface area contributed by atoms with Gasteiger partial charge < -0.3 is 9.47 Å². The first kappa shape index (κ1) is 10.1. The number of rotatable bonds is 4. The van der Waals surface area contributed by atoms with Crippen molar-refractivity contribution in [3.05, 3.63) is 36.5 Å². The van der Waals surface area contributed by atoms with Gasteiger partial charge in [-0.05, 0) is 6.08 Å². The van der Waals surface area contributed by atoms with E-state index in [-0.39, 0.29) is 6.10 Å². The molecule has 1 saturated heterocycles. The summed E-state index contributed by atoms with van der Waals surface area (Å²) in [4.78, 5) is 0. The van der Waals surface area contributed by atoms with Crippen molar-refractivity contribution < 1.29 is 9.47 Å². The summed E-state index contributed by atoms with van der Waals surface area (Å²) in [5.74, 6) is 0.599. The Bertz CT molecular complexity index is 227. The predicted octanol–water partition coefficient (Wildman–Crippen LogP) is 1.54. The highest BCUT2D eigenvalue weighted by atomic mass is 16.5. The van der Waals surface area contributed by atoms with Crippen LogP contribution in [0.25, 0.3) is 0 Å². The molecule has 0 aliphatic carbocycles. The molecule has 13 heavy (non-hydrogen) atoms. The van der Waals surface area contributed by atoms with E-state index < -0.39 is 0 Å². The highest BCUT2D eigenvalue weighted by molar-refractivity contribution is 6.23. The van der Waals surface area contributed by atoms with Crippen molar-refractivity contribution >= 4 is 7.85 Å². The normalized spacial score (nSPS) is 22.0. The van der Waals surface area contributed by atoms with E-state index in [0.717, 1.165) is 13.0 Å². The third-order valence-corrected chi connectivity index (χ3v) is 1.69. The molecule has 68 valence electrons. The molecule has 1 rings (SSSR count). The van der Waals surface area contributed by atoms with Crippen LogP contribution >= 0.6 is 0 Å². The van der Waals surface area contributed by atoms with Crippen molar-refractivity contribution in [3.8, 4) is 0 Å². The van der Waals surface area contributed by atoms with Gasteiger partial charge >= 0.3 is 0 Å². The molecule has 0 aromatic rings. The maximum Gasteiger partial charge on any atom is 0.124 e. The molecular formula is C10H13BO2. The van der Waals surface area contributed by atoms with Gasteiger partial charge in [-0.1, -0.05) is 12.7 Å². The van der Waals surface area contributed by atoms with Gasteiger partial charge in [-0.3, -0.25) is 0 Å². The zero-order valence-corrected chi connectivity index (χ0v) is 7.66. The lowest BCUT2D eigenvalue weighted by atomic mass is 9.98. The van der Waals surface area contributed by atoms with Crippen molar-refractivity contribution in [3.63, 3.8) is 0 Å². The van der Waals surface area contributed by atoms with Crippen LogP contribution in [0.5, 0.6) is 0 Å². The molecule has 1 fully saturated rings. The second kappa shape index (κ2) is 4.92. The van der Waals surface area contributed by atoms with E-state index in [1.54, 1.807) is 12.2 Å². The fourth-order valence-corrected chi connectivity index (χ4v) is 1.06. The van der Waals surface area contributed by atoms with E-state index in [2.05, 4.69) is 13.2 Å². The van der Waals surface area contributed by atoms with Gasteiger partial charge in [0.25, 0.3) is 0 Å². The molecule has 1 aliphatic rings. The topological polar surface area (TPSA) is 18.5 Å². The second-order valence-electron chi connectivity index (χ2n) is 2.98. The number of ether oxygens (including phenoxy) is 2. The minimum Gasteiger partial charge on any atom is -0.489 e. The molecule has 1 heterocycles. The van der Waals surface area contributed by atoms with E-state index in [1.165, 1.54) is 0 Å². The first-order valence-corrected chi connectivity index (χ1v) is 4.24. The van der Waals surface area contributed by atoms with Crippen LogP contribution in [0.3, 0.4) is 0 Å². The van der Waals surface area contributed by atoms with Crippen LogP contribution in [0.4, 0.5) is 0 Å². The number of hydrogen-bond donors (Lipinski definition) is 0. The van der Waals surface area contributed by atoms with Crippen LogP contribution in [0.2, 0.25) is 0 Å². The highest BCUT2D eigenvalue weighted by Crippen LogP contribution is 2.12. The molecule has 0 N–H and O–H groups in total. The Morgan fingerprint density at radius 3 is 2.77 bits per heavy atom. The first-order chi connectivity index (χ1) is 6.18. The second-order valence-corrected chi connectivity index (χ2v) is 2.98. The fourth-order valence-electron chi connectivity index (χ4n) is 1.06. The van der Waals surface area contributed by atoms with Gasteiger partial charge in [0.05, 0.1) is 13.2 Å². The summed E-state index contributed by atoms with van der Waals surface area (Å²) >= 11 is 0. The minimum absolute atomic E-state index is 0.142. The summed E-state index contributed by atoms with van der Waals surface area (Å²) in [6.07, 6.45) is 4.44. The molecule has 0 spiro atoms. The van der Waals surface area contributed by atoms with Crippen LogP contribution in [0, 0.1) is 0 Å². The Kier molecular flexibility index (Phi) is 3.84. The summed E-state index contributed by atoms with van der Waals surface area (Å²) in [5, 5.41) is 0. The van der Waals surface area contributed by atoms with Gasteiger partial charge in [0, 0.05) is 6.42 Å². The van der Waals surface area contributed by atoms with Crippen molar-refractivity contribution in [2.24, 2.45) is 0 Å². The molecule has 2 nitrogen and oxygen atoms in total. The van der Waals surface area contributed by atoms with Gasteiger partial charge in [-0.15, -0.1) is 12.1 Å². The zero-order valence-electron chi connectivity index (χ0n) is 7.66. The molecule has 0 aromatic carbocycles. The zero-order chi connectivity index (χ0) is 9.68. The van der Waals surface area contributed by atoms with Gasteiger partial charge in [-0.2, -0.15) is 0 Å². The highest BCUT2D eigenvalue weighted by Gasteiger charge is 2.16. The maximum atomic E-state index is 5.46. The van der Waals surface area contributed by atoms with Gasteiger partial charge in [-0.25, -0.2) is 0 Å². The van der Waals surface area contributed by atoms with Crippen LogP contribution in [0.15, 0.2) is 36.5 Å². The van der Waals surface area contributed by atoms with Crippen molar-refractivity contribution in [1.82, 2.24) is 0 Å². The summed E-state index contributed by atoms with van der Waals surface area (Å²) in [7, 11) is 5.35. The number of hydrogen-bond acceptors (Lipinski definition) is 2. The molecule has 0 bridgehead atoms. The third-order valence-electron chi connectivity index (χ3n) is 1.69. The van der Waals surface area contributed by atoms with E-state index >= 15 is 0 Å². The van der Waals surface area contributed by atoms with Crippen LogP contribution in [-0.4, -0.2) is 27.2 Å². The molecule has 3 heteroatoms.